The quantitative estimate of drug-likeness (QED) is 0.428. The minimum Gasteiger partial charge on any atom is -0.329 e. The molecule has 0 spiro atoms. The fraction of sp³-hybridized carbons (Fsp3) is 0. The van der Waals surface area contributed by atoms with Crippen molar-refractivity contribution < 1.29 is 4.39 Å². The number of nitrogens with one attached hydrogen (secondary N) is 1. The van der Waals surface area contributed by atoms with Crippen molar-refractivity contribution in [3.05, 3.63) is 42.0 Å². The molecule has 0 unspecified atom stereocenters. The maximum atomic E-state index is 12.8. The van der Waals surface area contributed by atoms with Gasteiger partial charge in [-0.15, -0.1) is 12.6 Å². The van der Waals surface area contributed by atoms with Gasteiger partial charge in [-0.05, 0) is 17.7 Å². The number of thiol groups is 1. The van der Waals surface area contributed by atoms with Crippen LogP contribution in [0.15, 0.2) is 40.6 Å². The summed E-state index contributed by atoms with van der Waals surface area (Å²) in [5.41, 5.74) is 1.94. The highest BCUT2D eigenvalue weighted by Crippen LogP contribution is 2.18. The van der Waals surface area contributed by atoms with Crippen LogP contribution < -0.4 is 0 Å². The van der Waals surface area contributed by atoms with Crippen LogP contribution in [0.5, 0.6) is 0 Å². The molecule has 0 bridgehead atoms. The highest BCUT2D eigenvalue weighted by Gasteiger charge is 2.05. The number of benzene rings is 1. The van der Waals surface area contributed by atoms with E-state index in [9.17, 15) is 4.39 Å². The Bertz CT molecular complexity index is 750. The van der Waals surface area contributed by atoms with Crippen molar-refractivity contribution in [1.29, 1.82) is 0 Å². The Labute approximate surface area is 113 Å². The number of imidazole rings is 1. The molecule has 0 fully saturated rings. The first kappa shape index (κ1) is 11.8. The zero-order valence-electron chi connectivity index (χ0n) is 9.58. The van der Waals surface area contributed by atoms with Gasteiger partial charge in [0.15, 0.2) is 5.65 Å². The van der Waals surface area contributed by atoms with E-state index in [1.807, 2.05) is 0 Å². The molecule has 0 saturated heterocycles. The molecule has 0 amide bonds. The molecule has 7 heteroatoms. The van der Waals surface area contributed by atoms with Crippen molar-refractivity contribution in [2.24, 2.45) is 4.99 Å². The van der Waals surface area contributed by atoms with Crippen LogP contribution in [0, 0.1) is 5.82 Å². The van der Waals surface area contributed by atoms with Crippen molar-refractivity contribution in [2.75, 3.05) is 0 Å². The first-order chi connectivity index (χ1) is 9.22. The Morgan fingerprint density at radius 1 is 1.21 bits per heavy atom. The lowest BCUT2D eigenvalue weighted by molar-refractivity contribution is 0.628. The van der Waals surface area contributed by atoms with Crippen LogP contribution in [0.4, 0.5) is 10.3 Å². The summed E-state index contributed by atoms with van der Waals surface area (Å²) in [4.78, 5) is 19.3. The number of aliphatic imine (C=N–C) groups is 1. The van der Waals surface area contributed by atoms with E-state index in [1.54, 1.807) is 18.3 Å². The predicted octanol–water partition coefficient (Wildman–Crippen LogP) is 2.53. The largest absolute Gasteiger partial charge is 0.329 e. The number of fused-ring (bicyclic) bond motifs is 1. The van der Waals surface area contributed by atoms with Gasteiger partial charge in [0.2, 0.25) is 0 Å². The summed E-state index contributed by atoms with van der Waals surface area (Å²) in [7, 11) is 0. The van der Waals surface area contributed by atoms with Gasteiger partial charge in [-0.25, -0.2) is 19.4 Å². The lowest BCUT2D eigenvalue weighted by Gasteiger charge is -1.96. The first-order valence-corrected chi connectivity index (χ1v) is 5.87. The van der Waals surface area contributed by atoms with E-state index in [2.05, 4.69) is 37.6 Å². The molecule has 0 radical (unpaired) electrons. The van der Waals surface area contributed by atoms with E-state index < -0.39 is 0 Å². The van der Waals surface area contributed by atoms with Crippen LogP contribution >= 0.6 is 12.6 Å². The third-order valence-electron chi connectivity index (χ3n) is 2.45. The minimum absolute atomic E-state index is 0.270. The summed E-state index contributed by atoms with van der Waals surface area (Å²) in [6.45, 7) is 0. The number of H-pyrrole nitrogens is 1. The van der Waals surface area contributed by atoms with E-state index in [4.69, 9.17) is 0 Å². The highest BCUT2D eigenvalue weighted by molar-refractivity contribution is 7.80. The Hall–Kier alpha value is -2.28. The van der Waals surface area contributed by atoms with Gasteiger partial charge in [-0.1, -0.05) is 12.1 Å². The maximum Gasteiger partial charge on any atom is 0.252 e. The van der Waals surface area contributed by atoms with Crippen LogP contribution in [0.25, 0.3) is 11.2 Å². The molecule has 0 aliphatic carbocycles. The third kappa shape index (κ3) is 2.45. The summed E-state index contributed by atoms with van der Waals surface area (Å²) in [6, 6.07) is 5.97. The average Bonchev–Trinajstić information content (AvgIpc) is 2.87. The minimum atomic E-state index is -0.287. The molecular weight excluding hydrogens is 265 g/mol. The van der Waals surface area contributed by atoms with Crippen molar-refractivity contribution in [3.63, 3.8) is 0 Å². The van der Waals surface area contributed by atoms with Crippen LogP contribution in [0.3, 0.4) is 0 Å². The first-order valence-electron chi connectivity index (χ1n) is 5.42. The van der Waals surface area contributed by atoms with Crippen molar-refractivity contribution in [3.8, 4) is 0 Å². The van der Waals surface area contributed by atoms with Crippen LogP contribution in [0.2, 0.25) is 0 Å². The van der Waals surface area contributed by atoms with E-state index >= 15 is 0 Å². The summed E-state index contributed by atoms with van der Waals surface area (Å²) in [5.74, 6) is -0.0176. The number of aromatic amines is 1. The summed E-state index contributed by atoms with van der Waals surface area (Å²) in [5, 5.41) is 0.456. The fourth-order valence-corrected chi connectivity index (χ4v) is 1.80. The molecule has 0 atom stereocenters. The fourth-order valence-electron chi connectivity index (χ4n) is 1.55. The van der Waals surface area contributed by atoms with Gasteiger partial charge in [-0.3, -0.25) is 0 Å². The van der Waals surface area contributed by atoms with Gasteiger partial charge in [0, 0.05) is 6.21 Å². The lowest BCUT2D eigenvalue weighted by Crippen LogP contribution is -1.88. The van der Waals surface area contributed by atoms with E-state index in [-0.39, 0.29) is 11.8 Å². The molecule has 3 aromatic rings. The molecule has 0 aliphatic rings. The van der Waals surface area contributed by atoms with Crippen LogP contribution in [-0.4, -0.2) is 26.2 Å². The number of aromatic nitrogens is 4. The van der Waals surface area contributed by atoms with Gasteiger partial charge in [-0.2, -0.15) is 4.98 Å². The van der Waals surface area contributed by atoms with Crippen molar-refractivity contribution >= 4 is 36.0 Å². The molecule has 0 aliphatic heterocycles. The van der Waals surface area contributed by atoms with E-state index in [0.29, 0.717) is 16.2 Å². The molecular formula is C12H8FN5S. The third-order valence-corrected chi connectivity index (χ3v) is 2.76. The van der Waals surface area contributed by atoms with Crippen LogP contribution in [-0.2, 0) is 0 Å². The highest BCUT2D eigenvalue weighted by atomic mass is 32.1. The number of halogens is 1. The molecule has 5 nitrogen and oxygen atoms in total. The molecule has 3 rings (SSSR count). The molecule has 2 aromatic heterocycles. The molecule has 1 aromatic carbocycles. The normalized spacial score (nSPS) is 11.5. The van der Waals surface area contributed by atoms with Crippen molar-refractivity contribution in [2.45, 2.75) is 5.03 Å². The monoisotopic (exact) mass is 273 g/mol. The zero-order valence-corrected chi connectivity index (χ0v) is 10.5. The summed E-state index contributed by atoms with van der Waals surface area (Å²) >= 11 is 4.22. The van der Waals surface area contributed by atoms with Gasteiger partial charge in [0.05, 0.1) is 6.33 Å². The maximum absolute atomic E-state index is 12.8. The topological polar surface area (TPSA) is 66.8 Å². The molecule has 2 heterocycles. The summed E-state index contributed by atoms with van der Waals surface area (Å²) in [6.07, 6.45) is 3.08. The zero-order chi connectivity index (χ0) is 13.2. The molecule has 19 heavy (non-hydrogen) atoms. The van der Waals surface area contributed by atoms with Crippen molar-refractivity contribution in [1.82, 2.24) is 19.9 Å². The lowest BCUT2D eigenvalue weighted by atomic mass is 10.2. The van der Waals surface area contributed by atoms with E-state index in [0.717, 1.165) is 5.56 Å². The molecule has 94 valence electrons. The van der Waals surface area contributed by atoms with E-state index in [1.165, 1.54) is 18.5 Å². The Morgan fingerprint density at radius 2 is 2.00 bits per heavy atom. The predicted molar refractivity (Wildman–Crippen MR) is 72.6 cm³/mol. The Morgan fingerprint density at radius 3 is 2.79 bits per heavy atom. The smallest absolute Gasteiger partial charge is 0.252 e. The van der Waals surface area contributed by atoms with Gasteiger partial charge < -0.3 is 4.98 Å². The van der Waals surface area contributed by atoms with Gasteiger partial charge in [0.1, 0.15) is 16.4 Å². The Kier molecular flexibility index (Phi) is 2.96. The second-order valence-corrected chi connectivity index (χ2v) is 4.18. The average molecular weight is 273 g/mol. The number of hydrogen-bond acceptors (Lipinski definition) is 5. The summed E-state index contributed by atoms with van der Waals surface area (Å²) < 4.78 is 12.8. The SMILES string of the molecule is Fc1ccc(/C=N/c2nc(S)c3nc[nH]c3n2)cc1. The van der Waals surface area contributed by atoms with Crippen LogP contribution in [0.1, 0.15) is 5.56 Å². The number of hydrogen-bond donors (Lipinski definition) is 2. The molecule has 1 N–H and O–H groups in total. The standard InChI is InChI=1S/C12H8FN5S/c13-8-3-1-7(2-4-8)5-14-12-17-10-9(11(19)18-12)15-6-16-10/h1-6H,(H2,15,16,17,18,19)/b14-5+. The van der Waals surface area contributed by atoms with Gasteiger partial charge >= 0.3 is 0 Å². The Balaban J connectivity index is 1.94. The molecule has 0 saturated carbocycles. The van der Waals surface area contributed by atoms with Gasteiger partial charge in [0.25, 0.3) is 5.95 Å². The second kappa shape index (κ2) is 4.77. The number of rotatable bonds is 2. The second-order valence-electron chi connectivity index (χ2n) is 3.76. The number of nitrogens with zero attached hydrogens (tertiary/aromatic N) is 4.